The van der Waals surface area contributed by atoms with Gasteiger partial charge in [-0.05, 0) is 26.2 Å². The van der Waals surface area contributed by atoms with Gasteiger partial charge in [0.05, 0.1) is 17.7 Å². The van der Waals surface area contributed by atoms with Crippen LogP contribution in [0.4, 0.5) is 5.82 Å². The number of anilines is 1. The molecule has 3 aromatic rings. The number of aromatic nitrogens is 5. The summed E-state index contributed by atoms with van der Waals surface area (Å²) in [5.41, 5.74) is 4.09. The summed E-state index contributed by atoms with van der Waals surface area (Å²) in [6.45, 7) is 6.91. The lowest BCUT2D eigenvalue weighted by Gasteiger charge is -2.33. The number of rotatable bonds is 5. The Hall–Kier alpha value is -2.28. The van der Waals surface area contributed by atoms with Crippen LogP contribution in [0, 0.1) is 6.92 Å². The lowest BCUT2D eigenvalue weighted by Crippen LogP contribution is -2.36. The van der Waals surface area contributed by atoms with Crippen LogP contribution in [-0.2, 0) is 13.0 Å². The van der Waals surface area contributed by atoms with Gasteiger partial charge in [-0.15, -0.1) is 11.3 Å². The van der Waals surface area contributed by atoms with E-state index < -0.39 is 0 Å². The minimum Gasteiger partial charge on any atom is -0.356 e. The van der Waals surface area contributed by atoms with Crippen molar-refractivity contribution in [3.8, 4) is 0 Å². The van der Waals surface area contributed by atoms with E-state index in [9.17, 15) is 0 Å². The van der Waals surface area contributed by atoms with Crippen molar-refractivity contribution in [1.82, 2.24) is 24.5 Å². The van der Waals surface area contributed by atoms with Crippen molar-refractivity contribution in [2.45, 2.75) is 45.6 Å². The summed E-state index contributed by atoms with van der Waals surface area (Å²) in [4.78, 5) is 20.7. The van der Waals surface area contributed by atoms with Crippen LogP contribution in [0.3, 0.4) is 0 Å². The molecule has 0 aliphatic carbocycles. The molecule has 3 aromatic heterocycles. The predicted molar refractivity (Wildman–Crippen MR) is 104 cm³/mol. The molecule has 1 atom stereocenters. The number of hydrogen-bond donors (Lipinski definition) is 0. The number of nitrogens with zero attached hydrogens (tertiary/aromatic N) is 6. The second-order valence-electron chi connectivity index (χ2n) is 6.80. The molecule has 136 valence electrons. The first kappa shape index (κ1) is 17.1. The first-order chi connectivity index (χ1) is 12.7. The maximum atomic E-state index is 4.68. The highest BCUT2D eigenvalue weighted by Crippen LogP contribution is 2.29. The summed E-state index contributed by atoms with van der Waals surface area (Å²) in [5.74, 6) is 3.48. The minimum atomic E-state index is 0.415. The molecule has 1 fully saturated rings. The number of aryl methyl sites for hydroxylation is 2. The lowest BCUT2D eigenvalue weighted by atomic mass is 9.97. The number of hydrogen-bond acceptors (Lipinski definition) is 6. The Balaban J connectivity index is 1.54. The fourth-order valence-corrected chi connectivity index (χ4v) is 4.21. The molecule has 0 N–H and O–H groups in total. The normalized spacial score (nSPS) is 17.6. The van der Waals surface area contributed by atoms with Gasteiger partial charge in [0, 0.05) is 48.5 Å². The van der Waals surface area contributed by atoms with Gasteiger partial charge in [-0.3, -0.25) is 0 Å². The molecule has 0 saturated carbocycles. The minimum absolute atomic E-state index is 0.415. The van der Waals surface area contributed by atoms with Crippen molar-refractivity contribution in [2.24, 2.45) is 0 Å². The number of thiazole rings is 1. The molecule has 0 amide bonds. The first-order valence-electron chi connectivity index (χ1n) is 9.20. The van der Waals surface area contributed by atoms with Crippen molar-refractivity contribution in [2.75, 3.05) is 18.0 Å². The number of piperidine rings is 1. The van der Waals surface area contributed by atoms with Gasteiger partial charge < -0.3 is 9.47 Å². The van der Waals surface area contributed by atoms with E-state index in [-0.39, 0.29) is 0 Å². The van der Waals surface area contributed by atoms with Crippen molar-refractivity contribution < 1.29 is 0 Å². The fraction of sp³-hybridized carbons (Fsp3) is 0.474. The smallest absolute Gasteiger partial charge is 0.132 e. The zero-order valence-corrected chi connectivity index (χ0v) is 16.1. The molecule has 4 heterocycles. The Kier molecular flexibility index (Phi) is 4.97. The van der Waals surface area contributed by atoms with Crippen LogP contribution in [0.5, 0.6) is 0 Å². The molecule has 1 saturated heterocycles. The molecule has 0 aromatic carbocycles. The van der Waals surface area contributed by atoms with E-state index in [4.69, 9.17) is 0 Å². The first-order valence-corrected chi connectivity index (χ1v) is 10.1. The zero-order valence-electron chi connectivity index (χ0n) is 15.3. The van der Waals surface area contributed by atoms with Crippen LogP contribution in [-0.4, -0.2) is 37.6 Å². The molecule has 0 bridgehead atoms. The van der Waals surface area contributed by atoms with Gasteiger partial charge in [-0.25, -0.2) is 19.9 Å². The van der Waals surface area contributed by atoms with Gasteiger partial charge >= 0.3 is 0 Å². The van der Waals surface area contributed by atoms with E-state index >= 15 is 0 Å². The summed E-state index contributed by atoms with van der Waals surface area (Å²) in [6.07, 6.45) is 7.22. The van der Waals surface area contributed by atoms with E-state index in [1.165, 1.54) is 0 Å². The van der Waals surface area contributed by atoms with Crippen molar-refractivity contribution in [3.63, 3.8) is 0 Å². The molecule has 0 radical (unpaired) electrons. The molecule has 6 nitrogen and oxygen atoms in total. The second-order valence-corrected chi connectivity index (χ2v) is 7.52. The Morgan fingerprint density at radius 2 is 2.15 bits per heavy atom. The predicted octanol–water partition coefficient (Wildman–Crippen LogP) is 3.43. The average Bonchev–Trinajstić information content (AvgIpc) is 3.34. The van der Waals surface area contributed by atoms with Crippen molar-refractivity contribution >= 4 is 17.2 Å². The highest BCUT2D eigenvalue weighted by molar-refractivity contribution is 7.07. The Morgan fingerprint density at radius 1 is 1.23 bits per heavy atom. The highest BCUT2D eigenvalue weighted by Gasteiger charge is 2.26. The van der Waals surface area contributed by atoms with Crippen LogP contribution in [0.1, 0.15) is 48.7 Å². The summed E-state index contributed by atoms with van der Waals surface area (Å²) < 4.78 is 2.24. The molecule has 0 spiro atoms. The van der Waals surface area contributed by atoms with Crippen LogP contribution in [0.25, 0.3) is 0 Å². The fourth-order valence-electron chi connectivity index (χ4n) is 3.66. The SMILES string of the molecule is CCc1cc(N2CCC[C@H](c3nccn3Cc3cscn3)C2)nc(C)n1. The van der Waals surface area contributed by atoms with E-state index in [1.807, 2.05) is 18.6 Å². The lowest BCUT2D eigenvalue weighted by molar-refractivity contribution is 0.473. The summed E-state index contributed by atoms with van der Waals surface area (Å²) >= 11 is 1.64. The molecule has 26 heavy (non-hydrogen) atoms. The third-order valence-electron chi connectivity index (χ3n) is 4.91. The zero-order chi connectivity index (χ0) is 17.9. The van der Waals surface area contributed by atoms with Gasteiger partial charge in [0.25, 0.3) is 0 Å². The standard InChI is InChI=1S/C19H24N6S/c1-3-16-9-18(23-14(2)22-16)24-7-4-5-15(10-24)19-20-6-8-25(19)11-17-12-26-13-21-17/h6,8-9,12-13,15H,3-5,7,10-11H2,1-2H3/t15-/m0/s1. The molecule has 4 rings (SSSR count). The molecular weight excluding hydrogens is 344 g/mol. The maximum absolute atomic E-state index is 4.68. The third kappa shape index (κ3) is 3.62. The van der Waals surface area contributed by atoms with Gasteiger partial charge in [0.2, 0.25) is 0 Å². The second kappa shape index (κ2) is 7.53. The summed E-state index contributed by atoms with van der Waals surface area (Å²) in [7, 11) is 0. The molecule has 0 unspecified atom stereocenters. The van der Waals surface area contributed by atoms with Crippen molar-refractivity contribution in [1.29, 1.82) is 0 Å². The van der Waals surface area contributed by atoms with Crippen molar-refractivity contribution in [3.05, 3.63) is 52.4 Å². The van der Waals surface area contributed by atoms with E-state index in [0.717, 1.165) is 67.8 Å². The van der Waals surface area contributed by atoms with Crippen LogP contribution >= 0.6 is 11.3 Å². The topological polar surface area (TPSA) is 59.7 Å². The molecular formula is C19H24N6S. The average molecular weight is 369 g/mol. The Bertz CT molecular complexity index is 857. The number of imidazole rings is 1. The highest BCUT2D eigenvalue weighted by atomic mass is 32.1. The van der Waals surface area contributed by atoms with Gasteiger partial charge in [0.15, 0.2) is 0 Å². The van der Waals surface area contributed by atoms with E-state index in [1.54, 1.807) is 11.3 Å². The van der Waals surface area contributed by atoms with Crippen LogP contribution < -0.4 is 4.90 Å². The summed E-state index contributed by atoms with van der Waals surface area (Å²) in [6, 6.07) is 2.14. The third-order valence-corrected chi connectivity index (χ3v) is 5.55. The van der Waals surface area contributed by atoms with Gasteiger partial charge in [-0.1, -0.05) is 6.92 Å². The van der Waals surface area contributed by atoms with Gasteiger partial charge in [-0.2, -0.15) is 0 Å². The van der Waals surface area contributed by atoms with E-state index in [0.29, 0.717) is 5.92 Å². The monoisotopic (exact) mass is 368 g/mol. The maximum Gasteiger partial charge on any atom is 0.132 e. The molecule has 1 aliphatic rings. The van der Waals surface area contributed by atoms with E-state index in [2.05, 4.69) is 54.0 Å². The Morgan fingerprint density at radius 3 is 2.96 bits per heavy atom. The summed E-state index contributed by atoms with van der Waals surface area (Å²) in [5, 5.41) is 2.10. The largest absolute Gasteiger partial charge is 0.356 e. The molecule has 1 aliphatic heterocycles. The van der Waals surface area contributed by atoms with Gasteiger partial charge in [0.1, 0.15) is 17.5 Å². The van der Waals surface area contributed by atoms with Crippen LogP contribution in [0.15, 0.2) is 29.4 Å². The molecule has 7 heteroatoms. The Labute approximate surface area is 158 Å². The van der Waals surface area contributed by atoms with Crippen LogP contribution in [0.2, 0.25) is 0 Å². The quantitative estimate of drug-likeness (QED) is 0.690.